The summed E-state index contributed by atoms with van der Waals surface area (Å²) in [5.41, 5.74) is 2.41. The van der Waals surface area contributed by atoms with Crippen molar-refractivity contribution in [3.05, 3.63) is 35.4 Å². The van der Waals surface area contributed by atoms with E-state index >= 15 is 0 Å². The summed E-state index contributed by atoms with van der Waals surface area (Å²) in [4.78, 5) is 23.4. The minimum atomic E-state index is -0.0555. The highest BCUT2D eigenvalue weighted by Crippen LogP contribution is 2.30. The van der Waals surface area contributed by atoms with Crippen molar-refractivity contribution in [2.24, 2.45) is 0 Å². The SMILES string of the molecule is O=C1Cc2c(-c3ccnc(Cl)n3)ccnc2N1. The predicted octanol–water partition coefficient (Wildman–Crippen LogP) is 1.69. The van der Waals surface area contributed by atoms with E-state index in [-0.39, 0.29) is 11.2 Å². The number of anilines is 1. The number of nitrogens with one attached hydrogen (secondary N) is 1. The van der Waals surface area contributed by atoms with Gasteiger partial charge in [-0.15, -0.1) is 0 Å². The number of carbonyl (C=O) groups excluding carboxylic acids is 1. The Balaban J connectivity index is 2.17. The molecule has 0 saturated carbocycles. The molecule has 1 amide bonds. The summed E-state index contributed by atoms with van der Waals surface area (Å²) in [6, 6.07) is 3.57. The molecule has 0 aromatic carbocycles. The molecule has 0 unspecified atom stereocenters. The lowest BCUT2D eigenvalue weighted by atomic mass is 10.1. The minimum absolute atomic E-state index is 0.0555. The average molecular weight is 247 g/mol. The third-order valence-corrected chi connectivity index (χ3v) is 2.74. The van der Waals surface area contributed by atoms with Crippen molar-refractivity contribution in [2.75, 3.05) is 5.32 Å². The van der Waals surface area contributed by atoms with E-state index in [0.717, 1.165) is 11.1 Å². The Bertz CT molecular complexity index is 614. The number of nitrogens with zero attached hydrogens (tertiary/aromatic N) is 3. The van der Waals surface area contributed by atoms with Crippen LogP contribution < -0.4 is 5.32 Å². The number of hydrogen-bond donors (Lipinski definition) is 1. The first-order valence-corrected chi connectivity index (χ1v) is 5.38. The summed E-state index contributed by atoms with van der Waals surface area (Å²) in [5.74, 6) is 0.544. The first-order chi connectivity index (χ1) is 8.24. The van der Waals surface area contributed by atoms with Crippen molar-refractivity contribution in [3.63, 3.8) is 0 Å². The molecule has 1 N–H and O–H groups in total. The Labute approximate surface area is 102 Å². The molecular weight excluding hydrogens is 240 g/mol. The molecule has 6 heteroatoms. The van der Waals surface area contributed by atoms with Crippen LogP contribution in [-0.2, 0) is 11.2 Å². The molecule has 1 aliphatic heterocycles. The molecule has 5 nitrogen and oxygen atoms in total. The van der Waals surface area contributed by atoms with Crippen LogP contribution >= 0.6 is 11.6 Å². The molecule has 2 aromatic rings. The lowest BCUT2D eigenvalue weighted by molar-refractivity contribution is -0.115. The van der Waals surface area contributed by atoms with Gasteiger partial charge in [0.15, 0.2) is 0 Å². The van der Waals surface area contributed by atoms with Crippen molar-refractivity contribution in [1.29, 1.82) is 0 Å². The van der Waals surface area contributed by atoms with Crippen molar-refractivity contribution in [2.45, 2.75) is 6.42 Å². The van der Waals surface area contributed by atoms with Gasteiger partial charge in [-0.2, -0.15) is 0 Å². The molecule has 3 rings (SSSR count). The highest BCUT2D eigenvalue weighted by molar-refractivity contribution is 6.28. The van der Waals surface area contributed by atoms with Gasteiger partial charge in [-0.05, 0) is 23.7 Å². The number of carbonyl (C=O) groups is 1. The molecule has 1 aliphatic rings. The van der Waals surface area contributed by atoms with E-state index < -0.39 is 0 Å². The molecule has 3 heterocycles. The molecular formula is C11H7ClN4O. The van der Waals surface area contributed by atoms with Crippen molar-refractivity contribution < 1.29 is 4.79 Å². The Kier molecular flexibility index (Phi) is 2.26. The van der Waals surface area contributed by atoms with Gasteiger partial charge in [0.1, 0.15) is 5.82 Å². The van der Waals surface area contributed by atoms with Gasteiger partial charge in [0.25, 0.3) is 0 Å². The maximum atomic E-state index is 11.3. The van der Waals surface area contributed by atoms with Gasteiger partial charge in [-0.25, -0.2) is 15.0 Å². The van der Waals surface area contributed by atoms with Crippen molar-refractivity contribution >= 4 is 23.3 Å². The Morgan fingerprint density at radius 1 is 1.24 bits per heavy atom. The number of pyridine rings is 1. The van der Waals surface area contributed by atoms with E-state index in [1.54, 1.807) is 18.5 Å². The van der Waals surface area contributed by atoms with Crippen molar-refractivity contribution in [3.8, 4) is 11.3 Å². The topological polar surface area (TPSA) is 67.8 Å². The summed E-state index contributed by atoms with van der Waals surface area (Å²) >= 11 is 5.75. The lowest BCUT2D eigenvalue weighted by Crippen LogP contribution is -2.04. The van der Waals surface area contributed by atoms with Crippen LogP contribution in [0, 0.1) is 0 Å². The predicted molar refractivity (Wildman–Crippen MR) is 62.6 cm³/mol. The quantitative estimate of drug-likeness (QED) is 0.778. The molecule has 84 valence electrons. The van der Waals surface area contributed by atoms with Gasteiger partial charge in [0.2, 0.25) is 11.2 Å². The van der Waals surface area contributed by atoms with Gasteiger partial charge in [-0.3, -0.25) is 4.79 Å². The van der Waals surface area contributed by atoms with E-state index in [9.17, 15) is 4.79 Å². The molecule has 0 atom stereocenters. The monoisotopic (exact) mass is 246 g/mol. The van der Waals surface area contributed by atoms with Gasteiger partial charge in [0.05, 0.1) is 12.1 Å². The number of halogens is 1. The van der Waals surface area contributed by atoms with Gasteiger partial charge >= 0.3 is 0 Å². The van der Waals surface area contributed by atoms with Crippen LogP contribution in [0.3, 0.4) is 0 Å². The van der Waals surface area contributed by atoms with E-state index in [1.165, 1.54) is 0 Å². The average Bonchev–Trinajstić information content (AvgIpc) is 2.68. The largest absolute Gasteiger partial charge is 0.310 e. The van der Waals surface area contributed by atoms with Gasteiger partial charge < -0.3 is 5.32 Å². The van der Waals surface area contributed by atoms with Crippen LogP contribution in [0.4, 0.5) is 5.82 Å². The third-order valence-electron chi connectivity index (χ3n) is 2.55. The van der Waals surface area contributed by atoms with Crippen LogP contribution in [0.15, 0.2) is 24.5 Å². The van der Waals surface area contributed by atoms with Crippen LogP contribution in [0.5, 0.6) is 0 Å². The van der Waals surface area contributed by atoms with Crippen LogP contribution in [0.1, 0.15) is 5.56 Å². The fourth-order valence-corrected chi connectivity index (χ4v) is 1.99. The lowest BCUT2D eigenvalue weighted by Gasteiger charge is -2.05. The molecule has 0 bridgehead atoms. The molecule has 0 fully saturated rings. The van der Waals surface area contributed by atoms with E-state index in [0.29, 0.717) is 17.9 Å². The highest BCUT2D eigenvalue weighted by Gasteiger charge is 2.22. The number of aromatic nitrogens is 3. The summed E-state index contributed by atoms with van der Waals surface area (Å²) in [7, 11) is 0. The molecule has 0 radical (unpaired) electrons. The van der Waals surface area contributed by atoms with E-state index in [1.807, 2.05) is 6.07 Å². The zero-order valence-corrected chi connectivity index (χ0v) is 9.40. The first-order valence-electron chi connectivity index (χ1n) is 5.01. The van der Waals surface area contributed by atoms with Gasteiger partial charge in [0, 0.05) is 23.5 Å². The number of fused-ring (bicyclic) bond motifs is 1. The maximum Gasteiger partial charge on any atom is 0.230 e. The maximum absolute atomic E-state index is 11.3. The minimum Gasteiger partial charge on any atom is -0.310 e. The Morgan fingerprint density at radius 3 is 2.88 bits per heavy atom. The zero-order valence-electron chi connectivity index (χ0n) is 8.64. The second-order valence-corrected chi connectivity index (χ2v) is 3.96. The van der Waals surface area contributed by atoms with Crippen LogP contribution in [0.2, 0.25) is 5.28 Å². The Hall–Kier alpha value is -2.01. The summed E-state index contributed by atoms with van der Waals surface area (Å²) < 4.78 is 0. The molecule has 0 saturated heterocycles. The van der Waals surface area contributed by atoms with Crippen LogP contribution in [0.25, 0.3) is 11.3 Å². The molecule has 0 aliphatic carbocycles. The number of amides is 1. The van der Waals surface area contributed by atoms with E-state index in [4.69, 9.17) is 11.6 Å². The second kappa shape index (κ2) is 3.78. The smallest absolute Gasteiger partial charge is 0.230 e. The third kappa shape index (κ3) is 1.74. The normalized spacial score (nSPS) is 13.4. The highest BCUT2D eigenvalue weighted by atomic mass is 35.5. The van der Waals surface area contributed by atoms with Crippen molar-refractivity contribution in [1.82, 2.24) is 15.0 Å². The van der Waals surface area contributed by atoms with E-state index in [2.05, 4.69) is 20.3 Å². The fraction of sp³-hybridized carbons (Fsp3) is 0.0909. The first kappa shape index (κ1) is 10.2. The second-order valence-electron chi connectivity index (χ2n) is 3.62. The standard InChI is InChI=1S/C11H7ClN4O/c12-11-14-4-2-8(15-11)6-1-3-13-10-7(6)5-9(17)16-10/h1-4H,5H2,(H,13,16,17). The van der Waals surface area contributed by atoms with Crippen LogP contribution in [-0.4, -0.2) is 20.9 Å². The molecule has 17 heavy (non-hydrogen) atoms. The number of rotatable bonds is 1. The summed E-state index contributed by atoms with van der Waals surface area (Å²) in [6.45, 7) is 0. The summed E-state index contributed by atoms with van der Waals surface area (Å²) in [6.07, 6.45) is 3.54. The summed E-state index contributed by atoms with van der Waals surface area (Å²) in [5, 5.41) is 2.88. The molecule has 2 aromatic heterocycles. The number of hydrogen-bond acceptors (Lipinski definition) is 4. The fourth-order valence-electron chi connectivity index (χ4n) is 1.84. The van der Waals surface area contributed by atoms with Gasteiger partial charge in [-0.1, -0.05) is 0 Å². The Morgan fingerprint density at radius 2 is 2.06 bits per heavy atom. The zero-order chi connectivity index (χ0) is 11.8. The molecule has 0 spiro atoms.